The lowest BCUT2D eigenvalue weighted by molar-refractivity contribution is 0.0528. The van der Waals surface area contributed by atoms with Crippen LogP contribution in [0.25, 0.3) is 0 Å². The van der Waals surface area contributed by atoms with Gasteiger partial charge in [0.2, 0.25) is 0 Å². The fraction of sp³-hybridized carbons (Fsp3) is 0.571. The summed E-state index contributed by atoms with van der Waals surface area (Å²) >= 11 is 0. The van der Waals surface area contributed by atoms with Crippen LogP contribution >= 0.6 is 0 Å². The van der Waals surface area contributed by atoms with E-state index in [0.29, 0.717) is 11.1 Å². The zero-order valence-electron chi connectivity index (χ0n) is 14.3. The van der Waals surface area contributed by atoms with Crippen molar-refractivity contribution < 1.29 is 27.9 Å². The summed E-state index contributed by atoms with van der Waals surface area (Å²) < 4.78 is 31.8. The average Bonchev–Trinajstić information content (AvgIpc) is 2.70. The fourth-order valence-corrected chi connectivity index (χ4v) is 3.19. The first kappa shape index (κ1) is 20.0. The summed E-state index contributed by atoms with van der Waals surface area (Å²) in [5.74, 6) is -1.23. The second-order valence-electron chi connectivity index (χ2n) is 6.21. The van der Waals surface area contributed by atoms with E-state index in [1.165, 1.54) is 13.8 Å². The number of hydrogen-bond donors (Lipinski definition) is 4. The van der Waals surface area contributed by atoms with E-state index in [4.69, 9.17) is 9.84 Å². The number of carboxylic acids is 1. The molecule has 0 atom stereocenters. The van der Waals surface area contributed by atoms with Crippen LogP contribution in [0, 0.1) is 13.8 Å². The molecule has 0 unspecified atom stereocenters. The van der Waals surface area contributed by atoms with Crippen LogP contribution in [0.15, 0.2) is 5.03 Å². The van der Waals surface area contributed by atoms with Crippen molar-refractivity contribution in [2.75, 3.05) is 13.1 Å². The zero-order chi connectivity index (χ0) is 18.7. The third-order valence-electron chi connectivity index (χ3n) is 3.08. The van der Waals surface area contributed by atoms with E-state index in [1.807, 2.05) is 0 Å². The predicted octanol–water partition coefficient (Wildman–Crippen LogP) is 1.13. The number of hydrogen-bond acceptors (Lipinski definition) is 5. The Balaban J connectivity index is 2.67. The van der Waals surface area contributed by atoms with Crippen LogP contribution in [0.3, 0.4) is 0 Å². The number of amides is 1. The summed E-state index contributed by atoms with van der Waals surface area (Å²) in [4.78, 5) is 24.9. The number of nitrogens with one attached hydrogen (secondary N) is 3. The standard InChI is InChI=1S/C14H23N3O6S/c1-8-9(2)11(17-10(8)12(18)19)24(21,22)16-7-6-15-13(20)23-14(3,4)5/h16-17H,6-7H2,1-5H3,(H,15,20)(H,18,19). The molecule has 10 heteroatoms. The van der Waals surface area contributed by atoms with Crippen LogP contribution < -0.4 is 10.0 Å². The minimum absolute atomic E-state index is 0.0265. The van der Waals surface area contributed by atoms with Crippen LogP contribution in [-0.2, 0) is 14.8 Å². The van der Waals surface area contributed by atoms with Gasteiger partial charge in [0.1, 0.15) is 11.3 Å². The minimum atomic E-state index is -3.92. The van der Waals surface area contributed by atoms with Crippen LogP contribution in [-0.4, -0.2) is 49.3 Å². The summed E-state index contributed by atoms with van der Waals surface area (Å²) in [5.41, 5.74) is -0.120. The third kappa shape index (κ3) is 5.24. The molecule has 1 heterocycles. The molecule has 0 aliphatic rings. The molecule has 0 saturated heterocycles. The van der Waals surface area contributed by atoms with Gasteiger partial charge in [0.25, 0.3) is 10.0 Å². The van der Waals surface area contributed by atoms with Gasteiger partial charge in [0.15, 0.2) is 5.03 Å². The smallest absolute Gasteiger partial charge is 0.407 e. The van der Waals surface area contributed by atoms with E-state index in [2.05, 4.69) is 15.0 Å². The fourth-order valence-electron chi connectivity index (χ4n) is 1.88. The molecule has 24 heavy (non-hydrogen) atoms. The second-order valence-corrected chi connectivity index (χ2v) is 7.91. The number of alkyl carbamates (subject to hydrolysis) is 1. The number of H-pyrrole nitrogens is 1. The molecule has 0 aliphatic carbocycles. The van der Waals surface area contributed by atoms with Crippen molar-refractivity contribution in [3.63, 3.8) is 0 Å². The minimum Gasteiger partial charge on any atom is -0.477 e. The molecule has 9 nitrogen and oxygen atoms in total. The highest BCUT2D eigenvalue weighted by Crippen LogP contribution is 2.21. The van der Waals surface area contributed by atoms with Crippen molar-refractivity contribution in [2.45, 2.75) is 45.2 Å². The van der Waals surface area contributed by atoms with Crippen molar-refractivity contribution in [2.24, 2.45) is 0 Å². The van der Waals surface area contributed by atoms with Gasteiger partial charge < -0.3 is 20.1 Å². The molecule has 0 spiro atoms. The normalized spacial score (nSPS) is 12.0. The van der Waals surface area contributed by atoms with Gasteiger partial charge in [-0.2, -0.15) is 0 Å². The molecule has 0 aliphatic heterocycles. The number of rotatable bonds is 6. The molecule has 0 saturated carbocycles. The maximum Gasteiger partial charge on any atom is 0.407 e. The Hall–Kier alpha value is -2.07. The lowest BCUT2D eigenvalue weighted by Crippen LogP contribution is -2.38. The molecular formula is C14H23N3O6S. The lowest BCUT2D eigenvalue weighted by atomic mass is 10.2. The number of aromatic carboxylic acids is 1. The molecule has 0 aromatic carbocycles. The zero-order valence-corrected chi connectivity index (χ0v) is 15.1. The summed E-state index contributed by atoms with van der Waals surface area (Å²) in [6.07, 6.45) is -0.651. The van der Waals surface area contributed by atoms with Gasteiger partial charge in [-0.05, 0) is 45.7 Å². The maximum atomic E-state index is 12.2. The van der Waals surface area contributed by atoms with E-state index in [-0.39, 0.29) is 23.8 Å². The SMILES string of the molecule is Cc1c(C(=O)O)[nH]c(S(=O)(=O)NCCNC(=O)OC(C)(C)C)c1C. The first-order valence-corrected chi connectivity index (χ1v) is 8.72. The van der Waals surface area contributed by atoms with E-state index in [0.717, 1.165) is 0 Å². The highest BCUT2D eigenvalue weighted by Gasteiger charge is 2.24. The highest BCUT2D eigenvalue weighted by atomic mass is 32.2. The molecule has 4 N–H and O–H groups in total. The van der Waals surface area contributed by atoms with E-state index in [9.17, 15) is 18.0 Å². The number of carbonyl (C=O) groups is 2. The van der Waals surface area contributed by atoms with E-state index >= 15 is 0 Å². The monoisotopic (exact) mass is 361 g/mol. The predicted molar refractivity (Wildman–Crippen MR) is 86.7 cm³/mol. The molecule has 136 valence electrons. The van der Waals surface area contributed by atoms with Gasteiger partial charge in [-0.25, -0.2) is 22.7 Å². The van der Waals surface area contributed by atoms with Gasteiger partial charge in [-0.15, -0.1) is 0 Å². The van der Waals surface area contributed by atoms with Gasteiger partial charge in [0.05, 0.1) is 0 Å². The first-order valence-electron chi connectivity index (χ1n) is 7.24. The van der Waals surface area contributed by atoms with Crippen molar-refractivity contribution in [1.29, 1.82) is 0 Å². The van der Waals surface area contributed by atoms with Crippen LogP contribution in [0.4, 0.5) is 4.79 Å². The summed E-state index contributed by atoms with van der Waals surface area (Å²) in [7, 11) is -3.92. The molecule has 0 bridgehead atoms. The van der Waals surface area contributed by atoms with Crippen LogP contribution in [0.1, 0.15) is 42.4 Å². The van der Waals surface area contributed by atoms with Crippen molar-refractivity contribution >= 4 is 22.1 Å². The number of aromatic amines is 1. The van der Waals surface area contributed by atoms with Gasteiger partial charge in [-0.1, -0.05) is 0 Å². The average molecular weight is 361 g/mol. The summed E-state index contributed by atoms with van der Waals surface area (Å²) in [6.45, 7) is 8.15. The first-order chi connectivity index (χ1) is 10.8. The van der Waals surface area contributed by atoms with Gasteiger partial charge >= 0.3 is 12.1 Å². The highest BCUT2D eigenvalue weighted by molar-refractivity contribution is 7.89. The number of aromatic nitrogens is 1. The third-order valence-corrected chi connectivity index (χ3v) is 4.61. The molecule has 0 radical (unpaired) electrons. The topological polar surface area (TPSA) is 138 Å². The lowest BCUT2D eigenvalue weighted by Gasteiger charge is -2.19. The van der Waals surface area contributed by atoms with Gasteiger partial charge in [0, 0.05) is 13.1 Å². The van der Waals surface area contributed by atoms with Crippen LogP contribution in [0.2, 0.25) is 0 Å². The second kappa shape index (κ2) is 7.22. The quantitative estimate of drug-likeness (QED) is 0.561. The maximum absolute atomic E-state index is 12.2. The number of carbonyl (C=O) groups excluding carboxylic acids is 1. The Labute approximate surface area is 140 Å². The van der Waals surface area contributed by atoms with E-state index in [1.54, 1.807) is 20.8 Å². The van der Waals surface area contributed by atoms with E-state index < -0.39 is 27.7 Å². The molecule has 1 amide bonds. The Kier molecular flexibility index (Phi) is 6.01. The number of ether oxygens (including phenoxy) is 1. The Bertz CT molecular complexity index is 730. The van der Waals surface area contributed by atoms with Crippen molar-refractivity contribution in [3.05, 3.63) is 16.8 Å². The molecule has 1 aromatic heterocycles. The van der Waals surface area contributed by atoms with Crippen molar-refractivity contribution in [3.8, 4) is 0 Å². The van der Waals surface area contributed by atoms with Gasteiger partial charge in [-0.3, -0.25) is 0 Å². The van der Waals surface area contributed by atoms with Crippen molar-refractivity contribution in [1.82, 2.24) is 15.0 Å². The largest absolute Gasteiger partial charge is 0.477 e. The Morgan fingerprint density at radius 2 is 1.75 bits per heavy atom. The molecular weight excluding hydrogens is 338 g/mol. The number of sulfonamides is 1. The molecule has 0 fully saturated rings. The number of carboxylic acid groups (broad SMARTS) is 1. The Morgan fingerprint density at radius 3 is 2.21 bits per heavy atom. The Morgan fingerprint density at radius 1 is 1.17 bits per heavy atom. The molecule has 1 aromatic rings. The summed E-state index contributed by atoms with van der Waals surface area (Å²) in [6, 6.07) is 0. The summed E-state index contributed by atoms with van der Waals surface area (Å²) in [5, 5.41) is 11.3. The molecule has 1 rings (SSSR count). The van der Waals surface area contributed by atoms with Crippen LogP contribution in [0.5, 0.6) is 0 Å².